The van der Waals surface area contributed by atoms with E-state index in [0.29, 0.717) is 25.1 Å². The molecule has 0 aromatic heterocycles. The van der Waals surface area contributed by atoms with E-state index in [1.54, 1.807) is 11.0 Å². The summed E-state index contributed by atoms with van der Waals surface area (Å²) < 4.78 is 26.5. The van der Waals surface area contributed by atoms with Gasteiger partial charge in [0, 0.05) is 25.6 Å². The lowest BCUT2D eigenvalue weighted by Gasteiger charge is -2.33. The summed E-state index contributed by atoms with van der Waals surface area (Å²) in [6, 6.07) is 14.9. The first-order valence-electron chi connectivity index (χ1n) is 13.8. The molecule has 1 aliphatic rings. The number of amides is 2. The summed E-state index contributed by atoms with van der Waals surface area (Å²) in [6.07, 6.45) is 7.60. The predicted octanol–water partition coefficient (Wildman–Crippen LogP) is 5.11. The van der Waals surface area contributed by atoms with Crippen LogP contribution in [0.1, 0.15) is 75.0 Å². The molecule has 0 aliphatic heterocycles. The minimum absolute atomic E-state index is 0.100. The molecule has 2 amide bonds. The second-order valence-electron chi connectivity index (χ2n) is 10.5. The van der Waals surface area contributed by atoms with Gasteiger partial charge >= 0.3 is 0 Å². The zero-order chi connectivity index (χ0) is 27.7. The first-order chi connectivity index (χ1) is 18.1. The highest BCUT2D eigenvalue weighted by molar-refractivity contribution is 7.92. The van der Waals surface area contributed by atoms with Crippen molar-refractivity contribution in [1.82, 2.24) is 10.2 Å². The van der Waals surface area contributed by atoms with E-state index in [4.69, 9.17) is 0 Å². The minimum Gasteiger partial charge on any atom is -0.352 e. The molecular formula is C30H43N3O4S. The third-order valence-corrected chi connectivity index (χ3v) is 8.66. The summed E-state index contributed by atoms with van der Waals surface area (Å²) in [6.45, 7) is 6.40. The van der Waals surface area contributed by atoms with Gasteiger partial charge in [0.2, 0.25) is 21.8 Å². The average Bonchev–Trinajstić information content (AvgIpc) is 2.88. The van der Waals surface area contributed by atoms with Gasteiger partial charge in [0.1, 0.15) is 6.04 Å². The number of carbonyl (C=O) groups is 2. The van der Waals surface area contributed by atoms with Crippen LogP contribution in [0, 0.1) is 13.8 Å². The third kappa shape index (κ3) is 8.32. The molecule has 0 saturated heterocycles. The van der Waals surface area contributed by atoms with Crippen molar-refractivity contribution in [2.45, 2.75) is 90.8 Å². The average molecular weight is 542 g/mol. The molecule has 0 bridgehead atoms. The van der Waals surface area contributed by atoms with Crippen LogP contribution in [0.3, 0.4) is 0 Å². The second-order valence-corrected chi connectivity index (χ2v) is 12.4. The summed E-state index contributed by atoms with van der Waals surface area (Å²) in [7, 11) is -3.52. The number of nitrogens with zero attached hydrogens (tertiary/aromatic N) is 2. The number of anilines is 1. The number of nitrogens with one attached hydrogen (secondary N) is 1. The molecule has 2 aromatic rings. The molecule has 1 atom stereocenters. The van der Waals surface area contributed by atoms with Crippen LogP contribution >= 0.6 is 0 Å². The number of hydrogen-bond acceptors (Lipinski definition) is 4. The summed E-state index contributed by atoms with van der Waals surface area (Å²) >= 11 is 0. The molecule has 8 heteroatoms. The van der Waals surface area contributed by atoms with Gasteiger partial charge in [0.25, 0.3) is 0 Å². The quantitative estimate of drug-likeness (QED) is 0.405. The fourth-order valence-corrected chi connectivity index (χ4v) is 6.09. The van der Waals surface area contributed by atoms with Crippen molar-refractivity contribution in [3.8, 4) is 0 Å². The molecule has 3 rings (SSSR count). The van der Waals surface area contributed by atoms with Crippen molar-refractivity contribution in [1.29, 1.82) is 0 Å². The zero-order valence-corrected chi connectivity index (χ0v) is 24.1. The Bertz CT molecular complexity index is 1180. The summed E-state index contributed by atoms with van der Waals surface area (Å²) in [5.41, 5.74) is 3.65. The maximum atomic E-state index is 13.6. The summed E-state index contributed by atoms with van der Waals surface area (Å²) in [4.78, 5) is 28.6. The van der Waals surface area contributed by atoms with Gasteiger partial charge in [-0.1, -0.05) is 62.6 Å². The van der Waals surface area contributed by atoms with Gasteiger partial charge in [-0.3, -0.25) is 13.9 Å². The molecule has 0 unspecified atom stereocenters. The Balaban J connectivity index is 1.74. The molecule has 1 fully saturated rings. The third-order valence-electron chi connectivity index (χ3n) is 7.46. The fourth-order valence-electron chi connectivity index (χ4n) is 5.13. The molecule has 1 N–H and O–H groups in total. The number of aryl methyl sites for hydroxylation is 2. The van der Waals surface area contributed by atoms with Crippen molar-refractivity contribution in [2.24, 2.45) is 0 Å². The fraction of sp³-hybridized carbons (Fsp3) is 0.533. The van der Waals surface area contributed by atoms with Gasteiger partial charge in [-0.25, -0.2) is 8.42 Å². The Labute approximate surface area is 228 Å². The lowest BCUT2D eigenvalue weighted by molar-refractivity contribution is -0.141. The van der Waals surface area contributed by atoms with Crippen LogP contribution < -0.4 is 9.62 Å². The van der Waals surface area contributed by atoms with Crippen molar-refractivity contribution in [3.63, 3.8) is 0 Å². The van der Waals surface area contributed by atoms with E-state index in [2.05, 4.69) is 5.32 Å². The van der Waals surface area contributed by atoms with Gasteiger partial charge in [-0.05, 0) is 68.4 Å². The van der Waals surface area contributed by atoms with Gasteiger partial charge in [0.05, 0.1) is 11.9 Å². The van der Waals surface area contributed by atoms with Crippen LogP contribution in [-0.4, -0.2) is 50.0 Å². The Hall–Kier alpha value is -2.87. The molecular weight excluding hydrogens is 498 g/mol. The highest BCUT2D eigenvalue weighted by Gasteiger charge is 2.30. The molecule has 208 valence electrons. The lowest BCUT2D eigenvalue weighted by atomic mass is 9.95. The molecule has 2 aromatic carbocycles. The summed E-state index contributed by atoms with van der Waals surface area (Å²) in [5.74, 6) is -0.246. The topological polar surface area (TPSA) is 86.8 Å². The van der Waals surface area contributed by atoms with E-state index >= 15 is 0 Å². The normalized spacial score (nSPS) is 15.1. The molecule has 1 aliphatic carbocycles. The number of carbonyl (C=O) groups excluding carboxylic acids is 2. The molecule has 38 heavy (non-hydrogen) atoms. The Kier molecular flexibility index (Phi) is 10.8. The van der Waals surface area contributed by atoms with Crippen LogP contribution in [0.25, 0.3) is 0 Å². The number of sulfonamides is 1. The lowest BCUT2D eigenvalue weighted by Crippen LogP contribution is -2.51. The number of rotatable bonds is 12. The minimum atomic E-state index is -3.52. The number of benzene rings is 2. The van der Waals surface area contributed by atoms with Crippen molar-refractivity contribution in [3.05, 3.63) is 65.2 Å². The maximum Gasteiger partial charge on any atom is 0.243 e. The van der Waals surface area contributed by atoms with Crippen molar-refractivity contribution in [2.75, 3.05) is 17.1 Å². The Morgan fingerprint density at radius 3 is 2.29 bits per heavy atom. The van der Waals surface area contributed by atoms with E-state index < -0.39 is 16.1 Å². The predicted molar refractivity (Wildman–Crippen MR) is 153 cm³/mol. The van der Waals surface area contributed by atoms with Crippen LogP contribution in [0.15, 0.2) is 48.5 Å². The molecule has 0 radical (unpaired) electrons. The first kappa shape index (κ1) is 29.7. The molecule has 7 nitrogen and oxygen atoms in total. The van der Waals surface area contributed by atoms with Crippen molar-refractivity contribution < 1.29 is 18.0 Å². The van der Waals surface area contributed by atoms with E-state index in [0.717, 1.165) is 42.4 Å². The smallest absolute Gasteiger partial charge is 0.243 e. The van der Waals surface area contributed by atoms with E-state index in [-0.39, 0.29) is 30.8 Å². The Morgan fingerprint density at radius 1 is 1.00 bits per heavy atom. The van der Waals surface area contributed by atoms with E-state index in [1.165, 1.54) is 17.0 Å². The van der Waals surface area contributed by atoms with Crippen molar-refractivity contribution >= 4 is 27.5 Å². The summed E-state index contributed by atoms with van der Waals surface area (Å²) in [5, 5.41) is 3.20. The Morgan fingerprint density at radius 2 is 1.68 bits per heavy atom. The monoisotopic (exact) mass is 541 g/mol. The second kappa shape index (κ2) is 13.8. The van der Waals surface area contributed by atoms with Gasteiger partial charge in [-0.15, -0.1) is 0 Å². The van der Waals surface area contributed by atoms with Gasteiger partial charge in [0.15, 0.2) is 0 Å². The van der Waals surface area contributed by atoms with Crippen LogP contribution in [0.4, 0.5) is 5.69 Å². The number of hydrogen-bond donors (Lipinski definition) is 1. The van der Waals surface area contributed by atoms with E-state index in [9.17, 15) is 18.0 Å². The van der Waals surface area contributed by atoms with Crippen LogP contribution in [-0.2, 0) is 26.2 Å². The van der Waals surface area contributed by atoms with Crippen LogP contribution in [0.2, 0.25) is 0 Å². The molecule has 0 spiro atoms. The SMILES string of the molecule is CC[C@@H](C(=O)NC1CCCCC1)N(Cc1ccccc1)C(=O)CCCN(c1ccc(C)c(C)c1)S(C)(=O)=O. The highest BCUT2D eigenvalue weighted by atomic mass is 32.2. The molecule has 0 heterocycles. The zero-order valence-electron chi connectivity index (χ0n) is 23.3. The van der Waals surface area contributed by atoms with E-state index in [1.807, 2.05) is 63.2 Å². The van der Waals surface area contributed by atoms with Crippen LogP contribution in [0.5, 0.6) is 0 Å². The largest absolute Gasteiger partial charge is 0.352 e. The maximum absolute atomic E-state index is 13.6. The first-order valence-corrected chi connectivity index (χ1v) is 15.6. The van der Waals surface area contributed by atoms with Gasteiger partial charge < -0.3 is 10.2 Å². The molecule has 1 saturated carbocycles. The standard InChI is InChI=1S/C30H43N3O4S/c1-5-28(30(35)31-26-15-10-7-11-16-26)32(22-25-13-8-6-9-14-25)29(34)17-12-20-33(38(4,36)37)27-19-18-23(2)24(3)21-27/h6,8-9,13-14,18-19,21,26,28H,5,7,10-12,15-17,20,22H2,1-4H3,(H,31,35)/t28-/m0/s1. The van der Waals surface area contributed by atoms with Gasteiger partial charge in [-0.2, -0.15) is 0 Å². The highest BCUT2D eigenvalue weighted by Crippen LogP contribution is 2.23.